The van der Waals surface area contributed by atoms with Crippen LogP contribution in [-0.4, -0.2) is 11.7 Å². The number of anilines is 1. The van der Waals surface area contributed by atoms with E-state index in [1.54, 1.807) is 45.0 Å². The van der Waals surface area contributed by atoms with Gasteiger partial charge < -0.3 is 4.74 Å². The Morgan fingerprint density at radius 3 is 2.27 bits per heavy atom. The fraction of sp³-hybridized carbons (Fsp3) is 0.364. The van der Waals surface area contributed by atoms with E-state index in [9.17, 15) is 4.79 Å². The van der Waals surface area contributed by atoms with E-state index in [2.05, 4.69) is 0 Å². The highest BCUT2D eigenvalue weighted by Crippen LogP contribution is 2.14. The van der Waals surface area contributed by atoms with Gasteiger partial charge in [0.15, 0.2) is 0 Å². The Balaban J connectivity index is 2.70. The van der Waals surface area contributed by atoms with Gasteiger partial charge in [0.05, 0.1) is 5.69 Å². The zero-order valence-corrected chi connectivity index (χ0v) is 9.23. The van der Waals surface area contributed by atoms with E-state index in [4.69, 9.17) is 10.6 Å². The summed E-state index contributed by atoms with van der Waals surface area (Å²) in [7, 11) is 0. The Hall–Kier alpha value is -1.55. The molecule has 15 heavy (non-hydrogen) atoms. The lowest BCUT2D eigenvalue weighted by Crippen LogP contribution is -2.41. The standard InChI is InChI=1S/C11H16N2O2/c1-11(2,3)15-10(14)13(12)9-7-5-4-6-8-9/h4-8H,12H2,1-3H3. The SMILES string of the molecule is CC(C)(C)OC(=O)N(N)c1ccccc1. The molecule has 1 rings (SSSR count). The maximum absolute atomic E-state index is 11.5. The van der Waals surface area contributed by atoms with Crippen LogP contribution in [0.5, 0.6) is 0 Å². The van der Waals surface area contributed by atoms with E-state index in [1.807, 2.05) is 6.07 Å². The van der Waals surface area contributed by atoms with Crippen molar-refractivity contribution in [3.05, 3.63) is 30.3 Å². The van der Waals surface area contributed by atoms with Crippen molar-refractivity contribution in [2.75, 3.05) is 5.01 Å². The van der Waals surface area contributed by atoms with E-state index < -0.39 is 11.7 Å². The van der Waals surface area contributed by atoms with E-state index in [0.29, 0.717) is 5.69 Å². The molecule has 0 unspecified atom stereocenters. The zero-order chi connectivity index (χ0) is 11.5. The van der Waals surface area contributed by atoms with E-state index >= 15 is 0 Å². The van der Waals surface area contributed by atoms with Crippen LogP contribution in [0.3, 0.4) is 0 Å². The number of amides is 1. The van der Waals surface area contributed by atoms with Gasteiger partial charge in [0.1, 0.15) is 5.60 Å². The molecule has 0 heterocycles. The number of carbonyl (C=O) groups is 1. The summed E-state index contributed by atoms with van der Waals surface area (Å²) >= 11 is 0. The van der Waals surface area contributed by atoms with E-state index in [-0.39, 0.29) is 0 Å². The number of ether oxygens (including phenoxy) is 1. The van der Waals surface area contributed by atoms with Crippen molar-refractivity contribution >= 4 is 11.8 Å². The average molecular weight is 208 g/mol. The van der Waals surface area contributed by atoms with Crippen LogP contribution in [-0.2, 0) is 4.74 Å². The highest BCUT2D eigenvalue weighted by atomic mass is 16.6. The molecule has 0 aliphatic carbocycles. The number of benzene rings is 1. The summed E-state index contributed by atoms with van der Waals surface area (Å²) < 4.78 is 5.12. The minimum absolute atomic E-state index is 0.538. The number of carbonyl (C=O) groups excluding carboxylic acids is 1. The predicted molar refractivity (Wildman–Crippen MR) is 59.3 cm³/mol. The molecule has 2 N–H and O–H groups in total. The first-order chi connectivity index (χ1) is 6.90. The number of nitrogens with zero attached hydrogens (tertiary/aromatic N) is 1. The molecule has 0 saturated carbocycles. The molecular weight excluding hydrogens is 192 g/mol. The number of nitrogens with two attached hydrogens (primary N) is 1. The summed E-state index contributed by atoms with van der Waals surface area (Å²) in [5, 5.41) is 0.991. The van der Waals surface area contributed by atoms with Crippen molar-refractivity contribution in [3.63, 3.8) is 0 Å². The Bertz CT molecular complexity index is 330. The van der Waals surface area contributed by atoms with Crippen LogP contribution in [0.1, 0.15) is 20.8 Å². The van der Waals surface area contributed by atoms with Crippen LogP contribution in [0.25, 0.3) is 0 Å². The minimum atomic E-state index is -0.561. The van der Waals surface area contributed by atoms with Gasteiger partial charge in [-0.2, -0.15) is 0 Å². The first-order valence-electron chi connectivity index (χ1n) is 4.73. The number of hydrogen-bond acceptors (Lipinski definition) is 3. The van der Waals surface area contributed by atoms with Crippen molar-refractivity contribution in [1.82, 2.24) is 0 Å². The number of rotatable bonds is 1. The molecule has 0 atom stereocenters. The molecule has 0 aromatic heterocycles. The van der Waals surface area contributed by atoms with Gasteiger partial charge in [0.25, 0.3) is 0 Å². The molecule has 0 aliphatic heterocycles. The lowest BCUT2D eigenvalue weighted by Gasteiger charge is -2.24. The summed E-state index contributed by atoms with van der Waals surface area (Å²) in [6, 6.07) is 8.94. The third-order valence-corrected chi connectivity index (χ3v) is 1.62. The second-order valence-electron chi connectivity index (χ2n) is 4.19. The molecule has 0 radical (unpaired) electrons. The van der Waals surface area contributed by atoms with Crippen LogP contribution in [0.15, 0.2) is 30.3 Å². The second kappa shape index (κ2) is 4.31. The summed E-state index contributed by atoms with van der Waals surface area (Å²) in [5.41, 5.74) is 0.0653. The molecular formula is C11H16N2O2. The molecule has 1 amide bonds. The Kier molecular flexibility index (Phi) is 3.31. The number of hydrazine groups is 1. The molecule has 4 heteroatoms. The molecule has 4 nitrogen and oxygen atoms in total. The highest BCUT2D eigenvalue weighted by Gasteiger charge is 2.20. The van der Waals surface area contributed by atoms with Gasteiger partial charge in [-0.25, -0.2) is 15.6 Å². The number of para-hydroxylation sites is 1. The summed E-state index contributed by atoms with van der Waals surface area (Å²) in [4.78, 5) is 11.5. The van der Waals surface area contributed by atoms with Crippen molar-refractivity contribution in [2.24, 2.45) is 5.84 Å². The Labute approximate surface area is 89.6 Å². The van der Waals surface area contributed by atoms with Crippen molar-refractivity contribution in [3.8, 4) is 0 Å². The molecule has 82 valence electrons. The van der Waals surface area contributed by atoms with Crippen LogP contribution in [0.4, 0.5) is 10.5 Å². The quantitative estimate of drug-likeness (QED) is 0.437. The monoisotopic (exact) mass is 208 g/mol. The van der Waals surface area contributed by atoms with Gasteiger partial charge >= 0.3 is 6.09 Å². The molecule has 1 aromatic rings. The molecule has 0 fully saturated rings. The van der Waals surface area contributed by atoms with Gasteiger partial charge in [-0.15, -0.1) is 0 Å². The topological polar surface area (TPSA) is 55.6 Å². The van der Waals surface area contributed by atoms with Crippen molar-refractivity contribution in [2.45, 2.75) is 26.4 Å². The van der Waals surface area contributed by atoms with Gasteiger partial charge in [-0.1, -0.05) is 18.2 Å². The fourth-order valence-corrected chi connectivity index (χ4v) is 1.01. The van der Waals surface area contributed by atoms with Crippen molar-refractivity contribution < 1.29 is 9.53 Å². The predicted octanol–water partition coefficient (Wildman–Crippen LogP) is 2.30. The van der Waals surface area contributed by atoms with Crippen LogP contribution < -0.4 is 10.9 Å². The normalized spacial score (nSPS) is 10.9. The summed E-state index contributed by atoms with van der Waals surface area (Å²) in [5.74, 6) is 5.60. The fourth-order valence-electron chi connectivity index (χ4n) is 1.01. The first kappa shape index (κ1) is 11.5. The summed E-state index contributed by atoms with van der Waals surface area (Å²) in [6.45, 7) is 5.39. The minimum Gasteiger partial charge on any atom is -0.442 e. The highest BCUT2D eigenvalue weighted by molar-refractivity contribution is 5.86. The van der Waals surface area contributed by atoms with E-state index in [0.717, 1.165) is 5.01 Å². The lowest BCUT2D eigenvalue weighted by atomic mass is 10.2. The largest absolute Gasteiger partial charge is 0.442 e. The van der Waals surface area contributed by atoms with Gasteiger partial charge in [-0.05, 0) is 32.9 Å². The molecule has 0 saturated heterocycles. The third kappa shape index (κ3) is 3.59. The van der Waals surface area contributed by atoms with Crippen LogP contribution in [0.2, 0.25) is 0 Å². The maximum atomic E-state index is 11.5. The maximum Gasteiger partial charge on any atom is 0.429 e. The van der Waals surface area contributed by atoms with Crippen molar-refractivity contribution in [1.29, 1.82) is 0 Å². The Morgan fingerprint density at radius 2 is 1.80 bits per heavy atom. The number of hydrogen-bond donors (Lipinski definition) is 1. The molecule has 0 spiro atoms. The lowest BCUT2D eigenvalue weighted by molar-refractivity contribution is 0.0580. The molecule has 0 bridgehead atoms. The first-order valence-corrected chi connectivity index (χ1v) is 4.73. The smallest absolute Gasteiger partial charge is 0.429 e. The van der Waals surface area contributed by atoms with Gasteiger partial charge in [0.2, 0.25) is 0 Å². The second-order valence-corrected chi connectivity index (χ2v) is 4.19. The molecule has 0 aliphatic rings. The summed E-state index contributed by atoms with van der Waals surface area (Å²) in [6.07, 6.45) is -0.561. The van der Waals surface area contributed by atoms with Crippen LogP contribution in [0, 0.1) is 0 Å². The van der Waals surface area contributed by atoms with Crippen LogP contribution >= 0.6 is 0 Å². The Morgan fingerprint density at radius 1 is 1.27 bits per heavy atom. The molecule has 1 aromatic carbocycles. The van der Waals surface area contributed by atoms with Gasteiger partial charge in [0, 0.05) is 0 Å². The third-order valence-electron chi connectivity index (χ3n) is 1.62. The zero-order valence-electron chi connectivity index (χ0n) is 9.23. The average Bonchev–Trinajstić information content (AvgIpc) is 2.15. The van der Waals surface area contributed by atoms with Gasteiger partial charge in [-0.3, -0.25) is 0 Å². The van der Waals surface area contributed by atoms with E-state index in [1.165, 1.54) is 0 Å².